The molecule has 0 aliphatic carbocycles. The molecule has 0 atom stereocenters. The standard InChI is InChI=1S/C17H16BrFN2O4/c18-15-6-5-14(25-15)17(23)24-11-16(22)21-9-7-20(8-10-21)13-3-1-12(19)2-4-13/h1-6H,7-11H2. The molecule has 0 saturated carbocycles. The van der Waals surface area contributed by atoms with Gasteiger partial charge >= 0.3 is 5.97 Å². The number of ether oxygens (including phenoxy) is 1. The molecule has 1 fully saturated rings. The lowest BCUT2D eigenvalue weighted by Gasteiger charge is -2.36. The highest BCUT2D eigenvalue weighted by Gasteiger charge is 2.23. The molecule has 132 valence electrons. The number of esters is 1. The van der Waals surface area contributed by atoms with Gasteiger partial charge in [-0.2, -0.15) is 0 Å². The summed E-state index contributed by atoms with van der Waals surface area (Å²) in [6.07, 6.45) is 0. The fourth-order valence-corrected chi connectivity index (χ4v) is 2.89. The van der Waals surface area contributed by atoms with Gasteiger partial charge in [0.2, 0.25) is 5.76 Å². The first-order valence-corrected chi connectivity index (χ1v) is 8.53. The van der Waals surface area contributed by atoms with Crippen LogP contribution in [0, 0.1) is 5.82 Å². The predicted octanol–water partition coefficient (Wildman–Crippen LogP) is 2.69. The van der Waals surface area contributed by atoms with Crippen LogP contribution in [0.1, 0.15) is 10.6 Å². The van der Waals surface area contributed by atoms with E-state index in [4.69, 9.17) is 9.15 Å². The van der Waals surface area contributed by atoms with Crippen molar-refractivity contribution in [1.29, 1.82) is 0 Å². The molecule has 1 aliphatic heterocycles. The van der Waals surface area contributed by atoms with Gasteiger partial charge in [0.25, 0.3) is 5.91 Å². The van der Waals surface area contributed by atoms with E-state index in [-0.39, 0.29) is 24.1 Å². The molecule has 0 radical (unpaired) electrons. The van der Waals surface area contributed by atoms with Crippen molar-refractivity contribution in [1.82, 2.24) is 4.90 Å². The topological polar surface area (TPSA) is 63.0 Å². The number of benzene rings is 1. The van der Waals surface area contributed by atoms with Crippen LogP contribution >= 0.6 is 15.9 Å². The Balaban J connectivity index is 1.46. The Morgan fingerprint density at radius 3 is 2.36 bits per heavy atom. The zero-order valence-corrected chi connectivity index (χ0v) is 14.9. The molecule has 1 aromatic heterocycles. The number of carbonyl (C=O) groups excluding carboxylic acids is 2. The lowest BCUT2D eigenvalue weighted by atomic mass is 10.2. The van der Waals surface area contributed by atoms with Crippen molar-refractivity contribution in [2.45, 2.75) is 0 Å². The van der Waals surface area contributed by atoms with Crippen LogP contribution in [0.2, 0.25) is 0 Å². The summed E-state index contributed by atoms with van der Waals surface area (Å²) >= 11 is 3.10. The second-order valence-electron chi connectivity index (χ2n) is 5.52. The molecule has 2 heterocycles. The lowest BCUT2D eigenvalue weighted by molar-refractivity contribution is -0.134. The van der Waals surface area contributed by atoms with Gasteiger partial charge in [0.15, 0.2) is 11.3 Å². The van der Waals surface area contributed by atoms with Crippen molar-refractivity contribution in [3.8, 4) is 0 Å². The van der Waals surface area contributed by atoms with Crippen LogP contribution in [-0.4, -0.2) is 49.6 Å². The van der Waals surface area contributed by atoms with Gasteiger partial charge in [0.1, 0.15) is 5.82 Å². The summed E-state index contributed by atoms with van der Waals surface area (Å²) in [5, 5.41) is 0. The van der Waals surface area contributed by atoms with Gasteiger partial charge in [0, 0.05) is 31.9 Å². The van der Waals surface area contributed by atoms with Gasteiger partial charge in [-0.3, -0.25) is 4.79 Å². The second-order valence-corrected chi connectivity index (χ2v) is 6.31. The fourth-order valence-electron chi connectivity index (χ4n) is 2.58. The first kappa shape index (κ1) is 17.5. The second kappa shape index (κ2) is 7.69. The van der Waals surface area contributed by atoms with Gasteiger partial charge < -0.3 is 19.0 Å². The molecule has 0 bridgehead atoms. The molecule has 0 N–H and O–H groups in total. The molecule has 1 saturated heterocycles. The molecule has 1 amide bonds. The molecule has 6 nitrogen and oxygen atoms in total. The Bertz CT molecular complexity index is 754. The third-order valence-corrected chi connectivity index (χ3v) is 4.35. The Kier molecular flexibility index (Phi) is 5.37. The highest BCUT2D eigenvalue weighted by atomic mass is 79.9. The first-order valence-electron chi connectivity index (χ1n) is 7.73. The maximum atomic E-state index is 13.0. The molecule has 1 aromatic carbocycles. The van der Waals surface area contributed by atoms with Crippen molar-refractivity contribution in [3.05, 3.63) is 52.6 Å². The van der Waals surface area contributed by atoms with Gasteiger partial charge in [-0.15, -0.1) is 0 Å². The maximum Gasteiger partial charge on any atom is 0.374 e. The highest BCUT2D eigenvalue weighted by Crippen LogP contribution is 2.17. The van der Waals surface area contributed by atoms with Crippen molar-refractivity contribution in [2.24, 2.45) is 0 Å². The van der Waals surface area contributed by atoms with E-state index in [0.717, 1.165) is 5.69 Å². The van der Waals surface area contributed by atoms with Crippen LogP contribution in [0.3, 0.4) is 0 Å². The van der Waals surface area contributed by atoms with E-state index in [1.54, 1.807) is 23.1 Å². The number of carbonyl (C=O) groups is 2. The quantitative estimate of drug-likeness (QED) is 0.725. The van der Waals surface area contributed by atoms with Crippen molar-refractivity contribution in [2.75, 3.05) is 37.7 Å². The average Bonchev–Trinajstić information content (AvgIpc) is 3.07. The Labute approximate surface area is 152 Å². The first-order chi connectivity index (χ1) is 12.0. The molecule has 1 aliphatic rings. The molecule has 0 spiro atoms. The summed E-state index contributed by atoms with van der Waals surface area (Å²) in [6, 6.07) is 9.32. The van der Waals surface area contributed by atoms with E-state index in [9.17, 15) is 14.0 Å². The van der Waals surface area contributed by atoms with E-state index in [1.807, 2.05) is 0 Å². The minimum Gasteiger partial charge on any atom is -0.450 e. The molecule has 3 rings (SSSR count). The summed E-state index contributed by atoms with van der Waals surface area (Å²) in [5.74, 6) is -1.16. The zero-order valence-electron chi connectivity index (χ0n) is 13.3. The molecule has 2 aromatic rings. The third kappa shape index (κ3) is 4.39. The largest absolute Gasteiger partial charge is 0.450 e. The fraction of sp³-hybridized carbons (Fsp3) is 0.294. The predicted molar refractivity (Wildman–Crippen MR) is 91.9 cm³/mol. The number of amides is 1. The van der Waals surface area contributed by atoms with Crippen LogP contribution in [0.15, 0.2) is 45.5 Å². The van der Waals surface area contributed by atoms with E-state index in [0.29, 0.717) is 30.8 Å². The zero-order chi connectivity index (χ0) is 17.8. The summed E-state index contributed by atoms with van der Waals surface area (Å²) < 4.78 is 23.5. The van der Waals surface area contributed by atoms with Gasteiger partial charge in [-0.1, -0.05) is 0 Å². The third-order valence-electron chi connectivity index (χ3n) is 3.93. The lowest BCUT2D eigenvalue weighted by Crippen LogP contribution is -2.49. The van der Waals surface area contributed by atoms with Crippen LogP contribution < -0.4 is 4.90 Å². The monoisotopic (exact) mass is 410 g/mol. The summed E-state index contributed by atoms with van der Waals surface area (Å²) in [6.45, 7) is 1.97. The van der Waals surface area contributed by atoms with E-state index >= 15 is 0 Å². The maximum absolute atomic E-state index is 13.0. The van der Waals surface area contributed by atoms with E-state index in [1.165, 1.54) is 18.2 Å². The Morgan fingerprint density at radius 2 is 1.76 bits per heavy atom. The number of nitrogens with zero attached hydrogens (tertiary/aromatic N) is 2. The SMILES string of the molecule is O=C(OCC(=O)N1CCN(c2ccc(F)cc2)CC1)c1ccc(Br)o1. The molecular weight excluding hydrogens is 395 g/mol. The van der Waals surface area contributed by atoms with Gasteiger partial charge in [0.05, 0.1) is 0 Å². The van der Waals surface area contributed by atoms with Crippen LogP contribution in [0.5, 0.6) is 0 Å². The number of rotatable bonds is 4. The number of furan rings is 1. The van der Waals surface area contributed by atoms with Crippen LogP contribution in [0.25, 0.3) is 0 Å². The van der Waals surface area contributed by atoms with E-state index in [2.05, 4.69) is 20.8 Å². The summed E-state index contributed by atoms with van der Waals surface area (Å²) in [4.78, 5) is 27.7. The molecule has 8 heteroatoms. The average molecular weight is 411 g/mol. The summed E-state index contributed by atoms with van der Waals surface area (Å²) in [5.41, 5.74) is 0.920. The van der Waals surface area contributed by atoms with Gasteiger partial charge in [-0.05, 0) is 52.3 Å². The highest BCUT2D eigenvalue weighted by molar-refractivity contribution is 9.10. The van der Waals surface area contributed by atoms with Crippen molar-refractivity contribution >= 4 is 33.5 Å². The molecular formula is C17H16BrFN2O4. The minimum atomic E-state index is -0.677. The van der Waals surface area contributed by atoms with E-state index < -0.39 is 5.97 Å². The minimum absolute atomic E-state index is 0.0424. The smallest absolute Gasteiger partial charge is 0.374 e. The normalized spacial score (nSPS) is 14.5. The van der Waals surface area contributed by atoms with Crippen LogP contribution in [-0.2, 0) is 9.53 Å². The Morgan fingerprint density at radius 1 is 1.08 bits per heavy atom. The Hall–Kier alpha value is -2.35. The van der Waals surface area contributed by atoms with Gasteiger partial charge in [-0.25, -0.2) is 9.18 Å². The van der Waals surface area contributed by atoms with Crippen LogP contribution in [0.4, 0.5) is 10.1 Å². The van der Waals surface area contributed by atoms with Crippen molar-refractivity contribution in [3.63, 3.8) is 0 Å². The number of piperazine rings is 1. The number of halogens is 2. The molecule has 0 unspecified atom stereocenters. The van der Waals surface area contributed by atoms with Crippen molar-refractivity contribution < 1.29 is 23.1 Å². The number of hydrogen-bond acceptors (Lipinski definition) is 5. The molecule has 25 heavy (non-hydrogen) atoms. The number of hydrogen-bond donors (Lipinski definition) is 0. The number of anilines is 1. The summed E-state index contributed by atoms with van der Waals surface area (Å²) in [7, 11) is 0.